The lowest BCUT2D eigenvalue weighted by atomic mass is 9.84. The number of halogens is 1. The van der Waals surface area contributed by atoms with Gasteiger partial charge in [-0.15, -0.1) is 0 Å². The summed E-state index contributed by atoms with van der Waals surface area (Å²) in [4.78, 5) is 0. The standard InChI is InChI=1S/C21H23FN2O/c22-20(15-24)5-3-1-2-4-17-10-12-21(13-11-17)25-16-19-8-6-18(14-23)7-9-19/h1,3,5-9,17,21H,2,4,10-13,16H2/b3-1+,20-5-/t17-,21-. The van der Waals surface area contributed by atoms with E-state index in [1.54, 1.807) is 6.08 Å². The molecule has 0 aliphatic heterocycles. The largest absolute Gasteiger partial charge is 0.374 e. The highest BCUT2D eigenvalue weighted by molar-refractivity contribution is 5.31. The fraction of sp³-hybridized carbons (Fsp3) is 0.429. The fourth-order valence-electron chi connectivity index (χ4n) is 3.09. The van der Waals surface area contributed by atoms with E-state index in [0.717, 1.165) is 44.1 Å². The summed E-state index contributed by atoms with van der Waals surface area (Å²) < 4.78 is 18.6. The first-order valence-corrected chi connectivity index (χ1v) is 8.74. The minimum absolute atomic E-state index is 0.315. The van der Waals surface area contributed by atoms with Crippen LogP contribution in [0.3, 0.4) is 0 Å². The third-order valence-corrected chi connectivity index (χ3v) is 4.59. The Labute approximate surface area is 149 Å². The maximum absolute atomic E-state index is 12.6. The first-order chi connectivity index (χ1) is 12.2. The molecule has 0 radical (unpaired) electrons. The number of hydrogen-bond acceptors (Lipinski definition) is 3. The van der Waals surface area contributed by atoms with Crippen LogP contribution in [0.15, 0.2) is 48.3 Å². The van der Waals surface area contributed by atoms with E-state index in [1.807, 2.05) is 30.3 Å². The molecule has 1 fully saturated rings. The van der Waals surface area contributed by atoms with Gasteiger partial charge in [-0.1, -0.05) is 24.3 Å². The Morgan fingerprint density at radius 3 is 2.52 bits per heavy atom. The van der Waals surface area contributed by atoms with Crippen LogP contribution in [0, 0.1) is 28.6 Å². The molecule has 1 aliphatic carbocycles. The molecule has 1 aromatic carbocycles. The SMILES string of the molecule is N#C/C(F)=C/C=C/CC[C@H]1CC[C@H](OCc2ccc(C#N)cc2)CC1. The Hall–Kier alpha value is -2.43. The van der Waals surface area contributed by atoms with Gasteiger partial charge in [0.1, 0.15) is 6.07 Å². The first-order valence-electron chi connectivity index (χ1n) is 8.74. The van der Waals surface area contributed by atoms with Crippen molar-refractivity contribution in [1.82, 2.24) is 0 Å². The highest BCUT2D eigenvalue weighted by Crippen LogP contribution is 2.30. The molecule has 0 N–H and O–H groups in total. The van der Waals surface area contributed by atoms with Gasteiger partial charge >= 0.3 is 0 Å². The number of ether oxygens (including phenoxy) is 1. The van der Waals surface area contributed by atoms with Gasteiger partial charge < -0.3 is 4.74 Å². The predicted molar refractivity (Wildman–Crippen MR) is 94.9 cm³/mol. The molecular formula is C21H23FN2O. The number of hydrogen-bond donors (Lipinski definition) is 0. The lowest BCUT2D eigenvalue weighted by Gasteiger charge is -2.28. The minimum atomic E-state index is -0.754. The number of allylic oxidation sites excluding steroid dienone is 4. The second-order valence-corrected chi connectivity index (χ2v) is 6.39. The average molecular weight is 338 g/mol. The highest BCUT2D eigenvalue weighted by Gasteiger charge is 2.21. The fourth-order valence-corrected chi connectivity index (χ4v) is 3.09. The smallest absolute Gasteiger partial charge is 0.199 e. The summed E-state index contributed by atoms with van der Waals surface area (Å²) in [5, 5.41) is 17.1. The van der Waals surface area contributed by atoms with Gasteiger partial charge in [-0.2, -0.15) is 14.9 Å². The lowest BCUT2D eigenvalue weighted by molar-refractivity contribution is 0.00647. The summed E-state index contributed by atoms with van der Waals surface area (Å²) in [6.07, 6.45) is 11.5. The quantitative estimate of drug-likeness (QED) is 0.497. The number of rotatable bonds is 7. The average Bonchev–Trinajstić information content (AvgIpc) is 2.67. The number of nitrogens with zero attached hydrogens (tertiary/aromatic N) is 2. The summed E-state index contributed by atoms with van der Waals surface area (Å²) in [5.74, 6) is -0.0552. The van der Waals surface area contributed by atoms with E-state index in [9.17, 15) is 4.39 Å². The molecule has 3 nitrogen and oxygen atoms in total. The van der Waals surface area contributed by atoms with E-state index in [4.69, 9.17) is 15.3 Å². The van der Waals surface area contributed by atoms with Crippen LogP contribution >= 0.6 is 0 Å². The molecule has 0 spiro atoms. The van der Waals surface area contributed by atoms with E-state index < -0.39 is 5.83 Å². The molecule has 25 heavy (non-hydrogen) atoms. The van der Waals surface area contributed by atoms with Crippen LogP contribution in [0.4, 0.5) is 4.39 Å². The Bertz CT molecular complexity index is 671. The highest BCUT2D eigenvalue weighted by atomic mass is 19.1. The summed E-state index contributed by atoms with van der Waals surface area (Å²) >= 11 is 0. The molecule has 1 aliphatic rings. The van der Waals surface area contributed by atoms with E-state index in [0.29, 0.717) is 24.2 Å². The van der Waals surface area contributed by atoms with Crippen molar-refractivity contribution in [3.8, 4) is 12.1 Å². The van der Waals surface area contributed by atoms with Gasteiger partial charge in [0.15, 0.2) is 5.83 Å². The van der Waals surface area contributed by atoms with Crippen LogP contribution in [-0.4, -0.2) is 6.10 Å². The molecule has 0 unspecified atom stereocenters. The molecule has 4 heteroatoms. The van der Waals surface area contributed by atoms with E-state index >= 15 is 0 Å². The zero-order chi connectivity index (χ0) is 17.9. The van der Waals surface area contributed by atoms with Crippen LogP contribution in [0.1, 0.15) is 49.7 Å². The van der Waals surface area contributed by atoms with Gasteiger partial charge in [-0.3, -0.25) is 0 Å². The monoisotopic (exact) mass is 338 g/mol. The second kappa shape index (κ2) is 10.4. The molecule has 0 atom stereocenters. The first kappa shape index (κ1) is 18.9. The summed E-state index contributed by atoms with van der Waals surface area (Å²) in [6.45, 7) is 0.598. The second-order valence-electron chi connectivity index (χ2n) is 6.39. The third kappa shape index (κ3) is 6.91. The van der Waals surface area contributed by atoms with Crippen molar-refractivity contribution in [3.05, 3.63) is 59.4 Å². The maximum atomic E-state index is 12.6. The van der Waals surface area contributed by atoms with Gasteiger partial charge in [-0.05, 0) is 68.2 Å². The number of benzene rings is 1. The van der Waals surface area contributed by atoms with Crippen molar-refractivity contribution in [2.75, 3.05) is 0 Å². The topological polar surface area (TPSA) is 56.8 Å². The molecular weight excluding hydrogens is 315 g/mol. The maximum Gasteiger partial charge on any atom is 0.199 e. The van der Waals surface area contributed by atoms with Gasteiger partial charge in [0.25, 0.3) is 0 Å². The molecule has 0 heterocycles. The van der Waals surface area contributed by atoms with Crippen LogP contribution in [0.2, 0.25) is 0 Å². The van der Waals surface area contributed by atoms with Crippen molar-refractivity contribution in [2.24, 2.45) is 5.92 Å². The van der Waals surface area contributed by atoms with E-state index in [1.165, 1.54) is 12.1 Å². The zero-order valence-electron chi connectivity index (χ0n) is 14.3. The summed E-state index contributed by atoms with van der Waals surface area (Å²) in [5.41, 5.74) is 1.77. The molecule has 0 bridgehead atoms. The normalized spacial score (nSPS) is 21.0. The molecule has 1 saturated carbocycles. The zero-order valence-corrected chi connectivity index (χ0v) is 14.3. The van der Waals surface area contributed by atoms with Crippen molar-refractivity contribution >= 4 is 0 Å². The van der Waals surface area contributed by atoms with Crippen LogP contribution in [0.5, 0.6) is 0 Å². The Morgan fingerprint density at radius 1 is 1.16 bits per heavy atom. The molecule has 0 saturated heterocycles. The van der Waals surface area contributed by atoms with E-state index in [-0.39, 0.29) is 0 Å². The molecule has 0 amide bonds. The number of nitriles is 2. The van der Waals surface area contributed by atoms with Crippen LogP contribution in [0.25, 0.3) is 0 Å². The molecule has 0 aromatic heterocycles. The van der Waals surface area contributed by atoms with Crippen molar-refractivity contribution in [3.63, 3.8) is 0 Å². The Balaban J connectivity index is 1.63. The predicted octanol–water partition coefficient (Wildman–Crippen LogP) is 5.35. The van der Waals surface area contributed by atoms with Crippen molar-refractivity contribution in [1.29, 1.82) is 10.5 Å². The molecule has 130 valence electrons. The molecule has 1 aromatic rings. The van der Waals surface area contributed by atoms with Gasteiger partial charge in [0.2, 0.25) is 0 Å². The van der Waals surface area contributed by atoms with Crippen molar-refractivity contribution < 1.29 is 9.13 Å². The summed E-state index contributed by atoms with van der Waals surface area (Å²) in [6, 6.07) is 11.1. The summed E-state index contributed by atoms with van der Waals surface area (Å²) in [7, 11) is 0. The minimum Gasteiger partial charge on any atom is -0.374 e. The van der Waals surface area contributed by atoms with Crippen LogP contribution < -0.4 is 0 Å². The Morgan fingerprint density at radius 2 is 1.88 bits per heavy atom. The lowest BCUT2D eigenvalue weighted by Crippen LogP contribution is -2.21. The van der Waals surface area contributed by atoms with Gasteiger partial charge in [0.05, 0.1) is 24.3 Å². The van der Waals surface area contributed by atoms with E-state index in [2.05, 4.69) is 6.07 Å². The van der Waals surface area contributed by atoms with Gasteiger partial charge in [0, 0.05) is 0 Å². The molecule has 2 rings (SSSR count). The third-order valence-electron chi connectivity index (χ3n) is 4.59. The van der Waals surface area contributed by atoms with Crippen molar-refractivity contribution in [2.45, 2.75) is 51.2 Å². The van der Waals surface area contributed by atoms with Gasteiger partial charge in [-0.25, -0.2) is 0 Å². The Kier molecular flexibility index (Phi) is 7.89. The van der Waals surface area contributed by atoms with Crippen LogP contribution in [-0.2, 0) is 11.3 Å².